The molecule has 3 aromatic carbocycles. The Morgan fingerprint density at radius 1 is 0.850 bits per heavy atom. The Kier molecular flexibility index (Phi) is 1.91. The Hall–Kier alpha value is -2.28. The minimum Gasteiger partial charge on any atom is -0.340 e. The van der Waals surface area contributed by atoms with E-state index in [9.17, 15) is 0 Å². The van der Waals surface area contributed by atoms with E-state index in [2.05, 4.69) is 59.2 Å². The van der Waals surface area contributed by atoms with Crippen molar-refractivity contribution in [3.63, 3.8) is 0 Å². The summed E-state index contributed by atoms with van der Waals surface area (Å²) in [5, 5.41) is 5.62. The van der Waals surface area contributed by atoms with E-state index >= 15 is 0 Å². The molecule has 1 heteroatoms. The molecule has 0 saturated carbocycles. The van der Waals surface area contributed by atoms with Crippen molar-refractivity contribution in [2.75, 3.05) is 0 Å². The van der Waals surface area contributed by atoms with Gasteiger partial charge in [-0.15, -0.1) is 0 Å². The lowest BCUT2D eigenvalue weighted by Crippen LogP contribution is -2.07. The number of aromatic nitrogens is 1. The highest BCUT2D eigenvalue weighted by molar-refractivity contribution is 6.21. The van der Waals surface area contributed by atoms with Gasteiger partial charge in [0, 0.05) is 22.8 Å². The zero-order chi connectivity index (χ0) is 13.1. The summed E-state index contributed by atoms with van der Waals surface area (Å²) in [5.74, 6) is 0. The molecular weight excluding hydrogens is 242 g/mol. The summed E-state index contributed by atoms with van der Waals surface area (Å²) in [6.07, 6.45) is 2.46. The van der Waals surface area contributed by atoms with Crippen LogP contribution < -0.4 is 0 Å². The van der Waals surface area contributed by atoms with E-state index < -0.39 is 0 Å². The van der Waals surface area contributed by atoms with E-state index in [1.165, 1.54) is 51.0 Å². The smallest absolute Gasteiger partial charge is 0.0530 e. The second kappa shape index (κ2) is 3.63. The van der Waals surface area contributed by atoms with Crippen molar-refractivity contribution in [2.24, 2.45) is 0 Å². The Morgan fingerprint density at radius 2 is 1.65 bits per heavy atom. The predicted octanol–water partition coefficient (Wildman–Crippen LogP) is 4.89. The zero-order valence-corrected chi connectivity index (χ0v) is 11.3. The first kappa shape index (κ1) is 10.5. The average molecular weight is 257 g/mol. The molecule has 1 aliphatic heterocycles. The molecule has 0 amide bonds. The van der Waals surface area contributed by atoms with Crippen molar-refractivity contribution in [3.8, 4) is 0 Å². The first-order valence-electron chi connectivity index (χ1n) is 7.35. The molecule has 0 N–H and O–H groups in total. The summed E-state index contributed by atoms with van der Waals surface area (Å²) < 4.78 is 2.52. The molecule has 1 nitrogen and oxygen atoms in total. The predicted molar refractivity (Wildman–Crippen MR) is 85.3 cm³/mol. The lowest BCUT2D eigenvalue weighted by atomic mass is 9.97. The van der Waals surface area contributed by atoms with Crippen LogP contribution in [0, 0.1) is 0 Å². The molecule has 0 atom stereocenters. The Bertz CT molecular complexity index is 975. The van der Waals surface area contributed by atoms with Crippen molar-refractivity contribution in [1.82, 2.24) is 4.57 Å². The fourth-order valence-electron chi connectivity index (χ4n) is 3.87. The van der Waals surface area contributed by atoms with Crippen LogP contribution in [-0.2, 0) is 13.0 Å². The summed E-state index contributed by atoms with van der Waals surface area (Å²) in [7, 11) is 0. The largest absolute Gasteiger partial charge is 0.340 e. The van der Waals surface area contributed by atoms with Gasteiger partial charge < -0.3 is 4.57 Å². The van der Waals surface area contributed by atoms with Gasteiger partial charge in [0.1, 0.15) is 0 Å². The maximum Gasteiger partial charge on any atom is 0.0530 e. The van der Waals surface area contributed by atoms with Crippen molar-refractivity contribution < 1.29 is 0 Å². The number of fused-ring (bicyclic) bond motifs is 5. The summed E-state index contributed by atoms with van der Waals surface area (Å²) in [4.78, 5) is 0. The molecule has 2 heterocycles. The lowest BCUT2D eigenvalue weighted by molar-refractivity contribution is 0.652. The molecule has 0 aliphatic carbocycles. The van der Waals surface area contributed by atoms with E-state index in [0.717, 1.165) is 6.54 Å². The van der Waals surface area contributed by atoms with Crippen LogP contribution in [0.3, 0.4) is 0 Å². The van der Waals surface area contributed by atoms with Crippen LogP contribution in [0.25, 0.3) is 32.6 Å². The molecule has 4 aromatic rings. The molecular formula is C19H15N. The molecule has 96 valence electrons. The van der Waals surface area contributed by atoms with Gasteiger partial charge in [0.25, 0.3) is 0 Å². The quantitative estimate of drug-likeness (QED) is 0.422. The van der Waals surface area contributed by atoms with Crippen LogP contribution >= 0.6 is 0 Å². The van der Waals surface area contributed by atoms with Gasteiger partial charge in [0.15, 0.2) is 0 Å². The highest BCUT2D eigenvalue weighted by Crippen LogP contribution is 2.39. The number of rotatable bonds is 0. The molecule has 0 saturated heterocycles. The summed E-state index contributed by atoms with van der Waals surface area (Å²) in [6, 6.07) is 20.0. The van der Waals surface area contributed by atoms with E-state index in [0.29, 0.717) is 0 Å². The molecule has 0 spiro atoms. The van der Waals surface area contributed by atoms with Crippen molar-refractivity contribution in [1.29, 1.82) is 0 Å². The maximum atomic E-state index is 2.52. The molecule has 1 aliphatic rings. The zero-order valence-electron chi connectivity index (χ0n) is 11.3. The lowest BCUT2D eigenvalue weighted by Gasteiger charge is -2.17. The van der Waals surface area contributed by atoms with E-state index in [4.69, 9.17) is 0 Å². The van der Waals surface area contributed by atoms with Gasteiger partial charge in [-0.3, -0.25) is 0 Å². The molecule has 0 unspecified atom stereocenters. The second-order valence-electron chi connectivity index (χ2n) is 5.75. The number of benzene rings is 3. The number of nitrogens with zero attached hydrogens (tertiary/aromatic N) is 1. The average Bonchev–Trinajstić information content (AvgIpc) is 2.85. The normalized spacial score (nSPS) is 14.4. The van der Waals surface area contributed by atoms with Crippen LogP contribution in [0.4, 0.5) is 0 Å². The standard InChI is InChI=1S/C19H15N/c1-2-8-15-13(6-1)12-14-7-5-11-20-17-10-4-3-9-16(17)18(15)19(14)20/h1-4,6,8-10,12H,5,7,11H2. The second-order valence-corrected chi connectivity index (χ2v) is 5.75. The molecule has 1 aromatic heterocycles. The van der Waals surface area contributed by atoms with Crippen molar-refractivity contribution in [3.05, 3.63) is 60.2 Å². The third-order valence-electron chi connectivity index (χ3n) is 4.66. The SMILES string of the molecule is c1ccc2c(c1)cc1c3c2c2ccccc2n3CCC1. The first-order valence-corrected chi connectivity index (χ1v) is 7.35. The number of para-hydroxylation sites is 1. The Morgan fingerprint density at radius 3 is 2.60 bits per heavy atom. The van der Waals surface area contributed by atoms with Crippen LogP contribution in [0.5, 0.6) is 0 Å². The summed E-state index contributed by atoms with van der Waals surface area (Å²) in [6.45, 7) is 1.15. The fourth-order valence-corrected chi connectivity index (χ4v) is 3.87. The van der Waals surface area contributed by atoms with Gasteiger partial charge >= 0.3 is 0 Å². The van der Waals surface area contributed by atoms with Crippen molar-refractivity contribution in [2.45, 2.75) is 19.4 Å². The van der Waals surface area contributed by atoms with E-state index in [1.807, 2.05) is 0 Å². The Balaban J connectivity index is 2.19. The van der Waals surface area contributed by atoms with Crippen molar-refractivity contribution >= 4 is 32.6 Å². The molecule has 20 heavy (non-hydrogen) atoms. The highest BCUT2D eigenvalue weighted by Gasteiger charge is 2.19. The summed E-state index contributed by atoms with van der Waals surface area (Å²) in [5.41, 5.74) is 4.37. The van der Waals surface area contributed by atoms with Gasteiger partial charge in [-0.25, -0.2) is 0 Å². The van der Waals surface area contributed by atoms with E-state index in [-0.39, 0.29) is 0 Å². The van der Waals surface area contributed by atoms with Crippen LogP contribution in [0.1, 0.15) is 12.0 Å². The minimum absolute atomic E-state index is 1.15. The van der Waals surface area contributed by atoms with Gasteiger partial charge in [-0.05, 0) is 41.3 Å². The third-order valence-corrected chi connectivity index (χ3v) is 4.66. The third kappa shape index (κ3) is 1.18. The first-order chi connectivity index (χ1) is 9.93. The van der Waals surface area contributed by atoms with Gasteiger partial charge in [-0.2, -0.15) is 0 Å². The maximum absolute atomic E-state index is 2.52. The number of aryl methyl sites for hydroxylation is 2. The Labute approximate surface area is 117 Å². The molecule has 0 bridgehead atoms. The topological polar surface area (TPSA) is 4.93 Å². The molecule has 5 rings (SSSR count). The minimum atomic E-state index is 1.15. The van der Waals surface area contributed by atoms with Crippen LogP contribution in [-0.4, -0.2) is 4.57 Å². The van der Waals surface area contributed by atoms with Gasteiger partial charge in [0.2, 0.25) is 0 Å². The summed E-state index contributed by atoms with van der Waals surface area (Å²) >= 11 is 0. The fraction of sp³-hybridized carbons (Fsp3) is 0.158. The van der Waals surface area contributed by atoms with Crippen LogP contribution in [0.2, 0.25) is 0 Å². The number of hydrogen-bond donors (Lipinski definition) is 0. The van der Waals surface area contributed by atoms with Gasteiger partial charge in [-0.1, -0.05) is 42.5 Å². The highest BCUT2D eigenvalue weighted by atomic mass is 15.0. The monoisotopic (exact) mass is 257 g/mol. The van der Waals surface area contributed by atoms with Crippen LogP contribution in [0.15, 0.2) is 54.6 Å². The number of hydrogen-bond acceptors (Lipinski definition) is 0. The van der Waals surface area contributed by atoms with Gasteiger partial charge in [0.05, 0.1) is 5.52 Å². The molecule has 0 fully saturated rings. The molecule has 0 radical (unpaired) electrons. The van der Waals surface area contributed by atoms with E-state index in [1.54, 1.807) is 0 Å².